The number of nitrogens with one attached hydrogen (secondary N) is 1. The second-order valence-corrected chi connectivity index (χ2v) is 8.01. The van der Waals surface area contributed by atoms with Crippen LogP contribution in [0.4, 0.5) is 0 Å². The third kappa shape index (κ3) is 5.10. The quantitative estimate of drug-likeness (QED) is 0.893. The summed E-state index contributed by atoms with van der Waals surface area (Å²) in [5.41, 5.74) is 0.0918. The monoisotopic (exact) mass is 361 g/mol. The summed E-state index contributed by atoms with van der Waals surface area (Å²) in [5.74, 6) is 1.23. The van der Waals surface area contributed by atoms with E-state index in [0.717, 1.165) is 57.9 Å². The van der Waals surface area contributed by atoms with Crippen molar-refractivity contribution in [2.45, 2.75) is 70.4 Å². The van der Waals surface area contributed by atoms with Gasteiger partial charge >= 0.3 is 0 Å². The fourth-order valence-corrected chi connectivity index (χ4v) is 4.76. The van der Waals surface area contributed by atoms with Crippen LogP contribution in [0.25, 0.3) is 0 Å². The molecule has 5 nitrogen and oxygen atoms in total. The summed E-state index contributed by atoms with van der Waals surface area (Å²) in [6, 6.07) is 3.98. The second kappa shape index (κ2) is 9.56. The molecule has 146 valence electrons. The minimum Gasteiger partial charge on any atom is -0.468 e. The van der Waals surface area contributed by atoms with Crippen LogP contribution in [0.15, 0.2) is 22.8 Å². The molecular weight excluding hydrogens is 326 g/mol. The molecule has 26 heavy (non-hydrogen) atoms. The maximum atomic E-state index is 12.7. The number of rotatable bonds is 4. The number of nitrogens with zero attached hydrogens (tertiary/aromatic N) is 2. The Morgan fingerprint density at radius 3 is 2.73 bits per heavy atom. The average Bonchev–Trinajstić information content (AvgIpc) is 3.13. The Balaban J connectivity index is 1.70. The molecule has 2 aliphatic rings. The molecule has 0 atom stereocenters. The molecule has 1 aliphatic carbocycles. The highest BCUT2D eigenvalue weighted by Crippen LogP contribution is 2.37. The summed E-state index contributed by atoms with van der Waals surface area (Å²) in [6.07, 6.45) is 10.9. The first-order valence-electron chi connectivity index (χ1n) is 10.5. The van der Waals surface area contributed by atoms with Crippen LogP contribution in [0, 0.1) is 0 Å². The predicted molar refractivity (Wildman–Crippen MR) is 104 cm³/mol. The van der Waals surface area contributed by atoms with Gasteiger partial charge in [-0.05, 0) is 57.5 Å². The van der Waals surface area contributed by atoms with Crippen molar-refractivity contribution in [2.75, 3.05) is 32.7 Å². The van der Waals surface area contributed by atoms with E-state index in [1.165, 1.54) is 32.1 Å². The number of furan rings is 1. The van der Waals surface area contributed by atoms with Crippen molar-refractivity contribution in [1.29, 1.82) is 0 Å². The Hall–Kier alpha value is -1.33. The van der Waals surface area contributed by atoms with E-state index in [2.05, 4.69) is 22.0 Å². The van der Waals surface area contributed by atoms with E-state index in [4.69, 9.17) is 4.42 Å². The van der Waals surface area contributed by atoms with Crippen LogP contribution in [-0.2, 0) is 11.3 Å². The standard InChI is InChI=1S/C21H35N3O2/c1-2-12-24-14-7-13-23(18-19-8-6-16-26-19)15-11-22-20(25)17-21(24)9-4-3-5-10-21/h6,8,16H,2-5,7,9-15,17-18H2,1H3,(H,22,25). The number of hydrogen-bond donors (Lipinski definition) is 1. The Morgan fingerprint density at radius 1 is 1.15 bits per heavy atom. The molecule has 1 amide bonds. The zero-order chi connectivity index (χ0) is 18.2. The fourth-order valence-electron chi connectivity index (χ4n) is 4.76. The highest BCUT2D eigenvalue weighted by molar-refractivity contribution is 5.77. The van der Waals surface area contributed by atoms with Gasteiger partial charge in [0, 0.05) is 25.0 Å². The first kappa shape index (κ1) is 19.4. The minimum atomic E-state index is 0.0918. The first-order valence-corrected chi connectivity index (χ1v) is 10.5. The molecule has 1 saturated carbocycles. The Bertz CT molecular complexity index is 537. The molecule has 1 saturated heterocycles. The van der Waals surface area contributed by atoms with Crippen molar-refractivity contribution in [3.8, 4) is 0 Å². The van der Waals surface area contributed by atoms with Gasteiger partial charge in [-0.3, -0.25) is 14.6 Å². The van der Waals surface area contributed by atoms with Crippen molar-refractivity contribution in [2.24, 2.45) is 0 Å². The summed E-state index contributed by atoms with van der Waals surface area (Å²) < 4.78 is 5.52. The molecule has 5 heteroatoms. The summed E-state index contributed by atoms with van der Waals surface area (Å²) in [7, 11) is 0. The van der Waals surface area contributed by atoms with Crippen molar-refractivity contribution in [1.82, 2.24) is 15.1 Å². The molecule has 1 aromatic rings. The summed E-state index contributed by atoms with van der Waals surface area (Å²) >= 11 is 0. The minimum absolute atomic E-state index is 0.0918. The molecule has 1 spiro atoms. The van der Waals surface area contributed by atoms with Gasteiger partial charge in [-0.1, -0.05) is 26.2 Å². The van der Waals surface area contributed by atoms with Crippen LogP contribution in [-0.4, -0.2) is 54.0 Å². The van der Waals surface area contributed by atoms with Crippen LogP contribution in [0.1, 0.15) is 64.1 Å². The first-order chi connectivity index (χ1) is 12.7. The summed E-state index contributed by atoms with van der Waals surface area (Å²) in [4.78, 5) is 17.7. The highest BCUT2D eigenvalue weighted by atomic mass is 16.3. The molecule has 0 unspecified atom stereocenters. The van der Waals surface area contributed by atoms with Gasteiger partial charge in [-0.15, -0.1) is 0 Å². The van der Waals surface area contributed by atoms with Crippen LogP contribution in [0.5, 0.6) is 0 Å². The van der Waals surface area contributed by atoms with E-state index in [0.29, 0.717) is 6.42 Å². The molecule has 2 heterocycles. The molecule has 0 radical (unpaired) electrons. The molecule has 1 N–H and O–H groups in total. The van der Waals surface area contributed by atoms with Crippen molar-refractivity contribution in [3.63, 3.8) is 0 Å². The zero-order valence-electron chi connectivity index (χ0n) is 16.3. The molecule has 1 aliphatic heterocycles. The third-order valence-corrected chi connectivity index (χ3v) is 6.05. The van der Waals surface area contributed by atoms with Gasteiger partial charge in [-0.2, -0.15) is 0 Å². The maximum Gasteiger partial charge on any atom is 0.221 e. The van der Waals surface area contributed by atoms with E-state index in [-0.39, 0.29) is 11.4 Å². The lowest BCUT2D eigenvalue weighted by Gasteiger charge is -2.46. The zero-order valence-corrected chi connectivity index (χ0v) is 16.3. The predicted octanol–water partition coefficient (Wildman–Crippen LogP) is 3.41. The molecule has 1 aromatic heterocycles. The lowest BCUT2D eigenvalue weighted by atomic mass is 9.77. The molecule has 3 rings (SSSR count). The molecule has 0 bridgehead atoms. The summed E-state index contributed by atoms with van der Waals surface area (Å²) in [6.45, 7) is 7.93. The maximum absolute atomic E-state index is 12.7. The number of carbonyl (C=O) groups excluding carboxylic acids is 1. The number of carbonyl (C=O) groups is 1. The molecular formula is C21H35N3O2. The van der Waals surface area contributed by atoms with Gasteiger partial charge < -0.3 is 9.73 Å². The average molecular weight is 362 g/mol. The van der Waals surface area contributed by atoms with Gasteiger partial charge in [0.2, 0.25) is 5.91 Å². The molecule has 0 aromatic carbocycles. The van der Waals surface area contributed by atoms with Gasteiger partial charge in [0.25, 0.3) is 0 Å². The Morgan fingerprint density at radius 2 is 2.00 bits per heavy atom. The Labute approximate surface area is 158 Å². The van der Waals surface area contributed by atoms with E-state index in [1.54, 1.807) is 6.26 Å². The lowest BCUT2D eigenvalue weighted by Crippen LogP contribution is -2.53. The third-order valence-electron chi connectivity index (χ3n) is 6.05. The normalized spacial score (nSPS) is 23.5. The SMILES string of the molecule is CCCN1CCCN(Cc2ccco2)CCNC(=O)CC12CCCCC2. The van der Waals surface area contributed by atoms with E-state index in [9.17, 15) is 4.79 Å². The van der Waals surface area contributed by atoms with E-state index < -0.39 is 0 Å². The van der Waals surface area contributed by atoms with E-state index in [1.807, 2.05) is 12.1 Å². The van der Waals surface area contributed by atoms with Crippen molar-refractivity contribution >= 4 is 5.91 Å². The van der Waals surface area contributed by atoms with Crippen molar-refractivity contribution in [3.05, 3.63) is 24.2 Å². The lowest BCUT2D eigenvalue weighted by molar-refractivity contribution is -0.125. The summed E-state index contributed by atoms with van der Waals surface area (Å²) in [5, 5.41) is 3.19. The van der Waals surface area contributed by atoms with Gasteiger partial charge in [0.15, 0.2) is 0 Å². The van der Waals surface area contributed by atoms with Gasteiger partial charge in [0.1, 0.15) is 5.76 Å². The van der Waals surface area contributed by atoms with Crippen LogP contribution < -0.4 is 5.32 Å². The van der Waals surface area contributed by atoms with Crippen LogP contribution in [0.2, 0.25) is 0 Å². The molecule has 2 fully saturated rings. The van der Waals surface area contributed by atoms with Gasteiger partial charge in [0.05, 0.1) is 12.8 Å². The topological polar surface area (TPSA) is 48.7 Å². The number of amides is 1. The van der Waals surface area contributed by atoms with Crippen LogP contribution >= 0.6 is 0 Å². The smallest absolute Gasteiger partial charge is 0.221 e. The largest absolute Gasteiger partial charge is 0.468 e. The second-order valence-electron chi connectivity index (χ2n) is 8.01. The van der Waals surface area contributed by atoms with E-state index >= 15 is 0 Å². The fraction of sp³-hybridized carbons (Fsp3) is 0.762. The number of hydrogen-bond acceptors (Lipinski definition) is 4. The Kier molecular flexibility index (Phi) is 7.15. The van der Waals surface area contributed by atoms with Crippen LogP contribution in [0.3, 0.4) is 0 Å². The highest BCUT2D eigenvalue weighted by Gasteiger charge is 2.39. The van der Waals surface area contributed by atoms with Crippen molar-refractivity contribution < 1.29 is 9.21 Å². The van der Waals surface area contributed by atoms with Gasteiger partial charge in [-0.25, -0.2) is 0 Å².